The minimum atomic E-state index is 0.136. The molecule has 0 spiro atoms. The second kappa shape index (κ2) is 7.34. The van der Waals surface area contributed by atoms with Gasteiger partial charge in [0.25, 0.3) is 0 Å². The molecule has 0 heterocycles. The standard InChI is InChI=1S/C15H27NS/c1-15(2,3)11-7-8-13(16-4)12-17-14-9-5-6-10-14/h13-14,16H,5-6,8-10,12H2,1-4H3. The lowest BCUT2D eigenvalue weighted by Gasteiger charge is -2.16. The molecule has 0 aliphatic heterocycles. The average Bonchev–Trinajstić information content (AvgIpc) is 2.74. The Hall–Kier alpha value is -0.130. The molecule has 2 heteroatoms. The van der Waals surface area contributed by atoms with Crippen LogP contribution in [0.4, 0.5) is 0 Å². The molecule has 0 aromatic rings. The third-order valence-corrected chi connectivity index (χ3v) is 4.59. The van der Waals surface area contributed by atoms with Gasteiger partial charge in [-0.3, -0.25) is 0 Å². The first-order valence-corrected chi connectivity index (χ1v) is 7.85. The van der Waals surface area contributed by atoms with Gasteiger partial charge in [-0.2, -0.15) is 11.8 Å². The monoisotopic (exact) mass is 253 g/mol. The number of hydrogen-bond donors (Lipinski definition) is 1. The van der Waals surface area contributed by atoms with E-state index in [0.717, 1.165) is 11.7 Å². The Morgan fingerprint density at radius 3 is 2.47 bits per heavy atom. The van der Waals surface area contributed by atoms with Crippen molar-refractivity contribution in [3.8, 4) is 11.8 Å². The lowest BCUT2D eigenvalue weighted by Crippen LogP contribution is -2.28. The van der Waals surface area contributed by atoms with E-state index in [4.69, 9.17) is 0 Å². The number of nitrogens with one attached hydrogen (secondary N) is 1. The van der Waals surface area contributed by atoms with Gasteiger partial charge in [0, 0.05) is 28.9 Å². The van der Waals surface area contributed by atoms with Gasteiger partial charge in [0.05, 0.1) is 0 Å². The van der Waals surface area contributed by atoms with E-state index in [-0.39, 0.29) is 5.41 Å². The molecular formula is C15H27NS. The number of rotatable bonds is 5. The lowest BCUT2D eigenvalue weighted by molar-refractivity contribution is 0.567. The zero-order valence-electron chi connectivity index (χ0n) is 11.8. The maximum absolute atomic E-state index is 3.39. The highest BCUT2D eigenvalue weighted by atomic mass is 32.2. The Bertz CT molecular complexity index is 263. The summed E-state index contributed by atoms with van der Waals surface area (Å²) in [7, 11) is 2.05. The molecule has 98 valence electrons. The van der Waals surface area contributed by atoms with Crippen LogP contribution in [0.1, 0.15) is 52.9 Å². The van der Waals surface area contributed by atoms with Gasteiger partial charge in [-0.1, -0.05) is 18.8 Å². The highest BCUT2D eigenvalue weighted by Gasteiger charge is 2.16. The van der Waals surface area contributed by atoms with Gasteiger partial charge in [0.2, 0.25) is 0 Å². The normalized spacial score (nSPS) is 18.8. The predicted octanol–water partition coefficient (Wildman–Crippen LogP) is 3.69. The van der Waals surface area contributed by atoms with Gasteiger partial charge in [0.1, 0.15) is 0 Å². The molecule has 1 saturated carbocycles. The van der Waals surface area contributed by atoms with E-state index in [1.165, 1.54) is 31.4 Å². The van der Waals surface area contributed by atoms with Gasteiger partial charge < -0.3 is 5.32 Å². The SMILES string of the molecule is CNC(CC#CC(C)(C)C)CSC1CCCC1. The molecule has 1 atom stereocenters. The van der Waals surface area contributed by atoms with E-state index < -0.39 is 0 Å². The van der Waals surface area contributed by atoms with E-state index in [1.807, 2.05) is 0 Å². The van der Waals surface area contributed by atoms with Crippen molar-refractivity contribution in [3.05, 3.63) is 0 Å². The van der Waals surface area contributed by atoms with Crippen LogP contribution in [0.15, 0.2) is 0 Å². The Morgan fingerprint density at radius 1 is 1.29 bits per heavy atom. The van der Waals surface area contributed by atoms with E-state index in [0.29, 0.717) is 6.04 Å². The predicted molar refractivity (Wildman–Crippen MR) is 79.4 cm³/mol. The molecule has 0 saturated heterocycles. The summed E-state index contributed by atoms with van der Waals surface area (Å²) in [6.07, 6.45) is 6.70. The van der Waals surface area contributed by atoms with Crippen LogP contribution in [0, 0.1) is 17.3 Å². The molecule has 0 amide bonds. The Morgan fingerprint density at radius 2 is 1.94 bits per heavy atom. The highest BCUT2D eigenvalue weighted by Crippen LogP contribution is 2.29. The van der Waals surface area contributed by atoms with Crippen molar-refractivity contribution in [2.75, 3.05) is 12.8 Å². The molecule has 1 rings (SSSR count). The van der Waals surface area contributed by atoms with Crippen molar-refractivity contribution in [1.29, 1.82) is 0 Å². The molecular weight excluding hydrogens is 226 g/mol. The first-order chi connectivity index (χ1) is 8.01. The molecule has 1 nitrogen and oxygen atoms in total. The Balaban J connectivity index is 2.24. The van der Waals surface area contributed by atoms with Crippen LogP contribution in [0.3, 0.4) is 0 Å². The van der Waals surface area contributed by atoms with E-state index >= 15 is 0 Å². The summed E-state index contributed by atoms with van der Waals surface area (Å²) in [5, 5.41) is 4.31. The first-order valence-electron chi connectivity index (χ1n) is 6.80. The zero-order valence-corrected chi connectivity index (χ0v) is 12.6. The van der Waals surface area contributed by atoms with Crippen molar-refractivity contribution in [2.45, 2.75) is 64.2 Å². The largest absolute Gasteiger partial charge is 0.315 e. The Labute approximate surface area is 112 Å². The summed E-state index contributed by atoms with van der Waals surface area (Å²) in [4.78, 5) is 0. The quantitative estimate of drug-likeness (QED) is 0.750. The summed E-state index contributed by atoms with van der Waals surface area (Å²) >= 11 is 2.14. The minimum absolute atomic E-state index is 0.136. The summed E-state index contributed by atoms with van der Waals surface area (Å²) in [5.74, 6) is 7.85. The van der Waals surface area contributed by atoms with Crippen molar-refractivity contribution < 1.29 is 0 Å². The van der Waals surface area contributed by atoms with Crippen molar-refractivity contribution in [2.24, 2.45) is 5.41 Å². The van der Waals surface area contributed by atoms with Crippen molar-refractivity contribution in [1.82, 2.24) is 5.32 Å². The van der Waals surface area contributed by atoms with E-state index in [1.54, 1.807) is 0 Å². The molecule has 1 N–H and O–H groups in total. The average molecular weight is 253 g/mol. The highest BCUT2D eigenvalue weighted by molar-refractivity contribution is 7.99. The Kier molecular flexibility index (Phi) is 6.44. The second-order valence-electron chi connectivity index (χ2n) is 5.98. The van der Waals surface area contributed by atoms with Crippen molar-refractivity contribution >= 4 is 11.8 Å². The molecule has 17 heavy (non-hydrogen) atoms. The lowest BCUT2D eigenvalue weighted by atomic mass is 9.97. The van der Waals surface area contributed by atoms with Crippen LogP contribution in [0.5, 0.6) is 0 Å². The topological polar surface area (TPSA) is 12.0 Å². The third-order valence-electron chi connectivity index (χ3n) is 3.06. The summed E-state index contributed by atoms with van der Waals surface area (Å²) in [6, 6.07) is 0.551. The maximum Gasteiger partial charge on any atom is 0.0264 e. The fourth-order valence-electron chi connectivity index (χ4n) is 1.99. The van der Waals surface area contributed by atoms with Gasteiger partial charge in [-0.15, -0.1) is 5.92 Å². The molecule has 1 fully saturated rings. The minimum Gasteiger partial charge on any atom is -0.315 e. The van der Waals surface area contributed by atoms with Crippen LogP contribution < -0.4 is 5.32 Å². The van der Waals surface area contributed by atoms with Gasteiger partial charge in [-0.05, 0) is 40.7 Å². The molecule has 1 aliphatic carbocycles. The molecule has 0 aromatic heterocycles. The van der Waals surface area contributed by atoms with Gasteiger partial charge in [0.15, 0.2) is 0 Å². The molecule has 0 aromatic carbocycles. The van der Waals surface area contributed by atoms with Crippen LogP contribution in [0.2, 0.25) is 0 Å². The molecule has 1 aliphatic rings. The maximum atomic E-state index is 3.39. The fourth-order valence-corrected chi connectivity index (χ4v) is 3.45. The first kappa shape index (κ1) is 14.9. The number of hydrogen-bond acceptors (Lipinski definition) is 2. The summed E-state index contributed by atoms with van der Waals surface area (Å²) in [5.41, 5.74) is 0.136. The summed E-state index contributed by atoms with van der Waals surface area (Å²) < 4.78 is 0. The summed E-state index contributed by atoms with van der Waals surface area (Å²) in [6.45, 7) is 6.50. The molecule has 1 unspecified atom stereocenters. The smallest absolute Gasteiger partial charge is 0.0264 e. The van der Waals surface area contributed by atoms with Crippen molar-refractivity contribution in [3.63, 3.8) is 0 Å². The van der Waals surface area contributed by atoms with Crippen LogP contribution in [-0.4, -0.2) is 24.1 Å². The zero-order chi connectivity index (χ0) is 12.7. The van der Waals surface area contributed by atoms with Crippen LogP contribution >= 0.6 is 11.8 Å². The number of thioether (sulfide) groups is 1. The molecule has 0 radical (unpaired) electrons. The third kappa shape index (κ3) is 7.01. The van der Waals surface area contributed by atoms with E-state index in [9.17, 15) is 0 Å². The van der Waals surface area contributed by atoms with Crippen LogP contribution in [-0.2, 0) is 0 Å². The fraction of sp³-hybridized carbons (Fsp3) is 0.867. The van der Waals surface area contributed by atoms with E-state index in [2.05, 4.69) is 56.7 Å². The van der Waals surface area contributed by atoms with Crippen LogP contribution in [0.25, 0.3) is 0 Å². The van der Waals surface area contributed by atoms with Gasteiger partial charge >= 0.3 is 0 Å². The van der Waals surface area contributed by atoms with Gasteiger partial charge in [-0.25, -0.2) is 0 Å². The molecule has 0 bridgehead atoms. The second-order valence-corrected chi connectivity index (χ2v) is 7.31.